The number of hydrogen-bond donors (Lipinski definition) is 6. The number of esters is 2. The molecular formula is C45H77O13P. The molecule has 6 unspecified atom stereocenters. The summed E-state index contributed by atoms with van der Waals surface area (Å²) in [4.78, 5) is 35.6. The highest BCUT2D eigenvalue weighted by Crippen LogP contribution is 2.47. The average Bonchev–Trinajstić information content (AvgIpc) is 3.21. The minimum Gasteiger partial charge on any atom is -0.462 e. The molecule has 13 nitrogen and oxygen atoms in total. The Morgan fingerprint density at radius 2 is 0.966 bits per heavy atom. The molecule has 340 valence electrons. The van der Waals surface area contributed by atoms with Crippen molar-refractivity contribution in [2.24, 2.45) is 0 Å². The van der Waals surface area contributed by atoms with Crippen LogP contribution >= 0.6 is 7.82 Å². The number of hydrogen-bond acceptors (Lipinski definition) is 12. The van der Waals surface area contributed by atoms with E-state index in [2.05, 4.69) is 74.6 Å². The van der Waals surface area contributed by atoms with Crippen molar-refractivity contribution in [2.45, 2.75) is 198 Å². The molecule has 0 radical (unpaired) electrons. The molecule has 0 aliphatic heterocycles. The molecule has 59 heavy (non-hydrogen) atoms. The summed E-state index contributed by atoms with van der Waals surface area (Å²) in [6.07, 6.45) is 28.5. The van der Waals surface area contributed by atoms with Gasteiger partial charge in [-0.1, -0.05) is 126 Å². The van der Waals surface area contributed by atoms with Crippen LogP contribution in [0.5, 0.6) is 0 Å². The number of allylic oxidation sites excluding steroid dienone is 10. The van der Waals surface area contributed by atoms with E-state index in [9.17, 15) is 44.6 Å². The zero-order valence-corrected chi connectivity index (χ0v) is 36.7. The van der Waals surface area contributed by atoms with Gasteiger partial charge in [0.2, 0.25) is 0 Å². The van der Waals surface area contributed by atoms with Gasteiger partial charge in [0.1, 0.15) is 43.2 Å². The monoisotopic (exact) mass is 857 g/mol. The molecule has 1 aliphatic carbocycles. The first kappa shape index (κ1) is 54.6. The van der Waals surface area contributed by atoms with Gasteiger partial charge in [-0.15, -0.1) is 0 Å². The lowest BCUT2D eigenvalue weighted by atomic mass is 9.85. The third-order valence-electron chi connectivity index (χ3n) is 9.84. The lowest BCUT2D eigenvalue weighted by Gasteiger charge is -2.41. The molecule has 0 saturated heterocycles. The molecule has 0 spiro atoms. The topological polar surface area (TPSA) is 210 Å². The molecule has 0 heterocycles. The molecule has 1 rings (SSSR count). The van der Waals surface area contributed by atoms with E-state index in [0.29, 0.717) is 12.8 Å². The largest absolute Gasteiger partial charge is 0.472 e. The van der Waals surface area contributed by atoms with E-state index >= 15 is 0 Å². The highest BCUT2D eigenvalue weighted by atomic mass is 31.2. The van der Waals surface area contributed by atoms with Crippen molar-refractivity contribution in [3.05, 3.63) is 60.8 Å². The fourth-order valence-corrected chi connectivity index (χ4v) is 7.24. The lowest BCUT2D eigenvalue weighted by molar-refractivity contribution is -0.220. The highest BCUT2D eigenvalue weighted by molar-refractivity contribution is 7.47. The van der Waals surface area contributed by atoms with E-state index in [-0.39, 0.29) is 12.8 Å². The van der Waals surface area contributed by atoms with E-state index in [1.807, 2.05) is 0 Å². The number of rotatable bonds is 35. The number of ether oxygens (including phenoxy) is 2. The minimum absolute atomic E-state index is 0.0714. The number of aliphatic hydroxyl groups excluding tert-OH is 5. The van der Waals surface area contributed by atoms with Crippen LogP contribution in [0.3, 0.4) is 0 Å². The van der Waals surface area contributed by atoms with Crippen LogP contribution in [0.25, 0.3) is 0 Å². The van der Waals surface area contributed by atoms with Crippen molar-refractivity contribution in [1.82, 2.24) is 0 Å². The fraction of sp³-hybridized carbons (Fsp3) is 0.733. The summed E-state index contributed by atoms with van der Waals surface area (Å²) in [5, 5.41) is 50.1. The second kappa shape index (κ2) is 35.2. The van der Waals surface area contributed by atoms with Gasteiger partial charge in [-0.2, -0.15) is 0 Å². The third kappa shape index (κ3) is 27.9. The predicted octanol–water partition coefficient (Wildman–Crippen LogP) is 8.16. The molecule has 0 aromatic rings. The van der Waals surface area contributed by atoms with Gasteiger partial charge in [0.25, 0.3) is 0 Å². The number of carbonyl (C=O) groups excluding carboxylic acids is 2. The molecule has 0 amide bonds. The summed E-state index contributed by atoms with van der Waals surface area (Å²) in [5.41, 5.74) is 0. The Balaban J connectivity index is 2.51. The molecule has 14 heteroatoms. The molecule has 6 atom stereocenters. The van der Waals surface area contributed by atoms with Crippen LogP contribution in [0.1, 0.15) is 155 Å². The van der Waals surface area contributed by atoms with Gasteiger partial charge in [0, 0.05) is 12.8 Å². The summed E-state index contributed by atoms with van der Waals surface area (Å²) in [7, 11) is -5.13. The van der Waals surface area contributed by atoms with Crippen molar-refractivity contribution >= 4 is 19.8 Å². The average molecular weight is 857 g/mol. The molecule has 0 aromatic carbocycles. The van der Waals surface area contributed by atoms with Crippen molar-refractivity contribution in [1.29, 1.82) is 0 Å². The van der Waals surface area contributed by atoms with Gasteiger partial charge in [0.15, 0.2) is 6.10 Å². The maximum absolute atomic E-state index is 12.8. The molecule has 1 fully saturated rings. The Morgan fingerprint density at radius 3 is 1.47 bits per heavy atom. The van der Waals surface area contributed by atoms with Crippen LogP contribution in [-0.2, 0) is 32.7 Å². The van der Waals surface area contributed by atoms with Crippen molar-refractivity contribution in [3.63, 3.8) is 0 Å². The fourth-order valence-electron chi connectivity index (χ4n) is 6.27. The first-order valence-corrected chi connectivity index (χ1v) is 23.6. The standard InChI is InChI=1S/C45H77O13P/c1-3-5-7-9-11-13-15-17-19-21-23-25-27-29-31-33-38(46)55-35-37(36-56-59(53,54)58-45-43(51)41(49)40(48)42(50)44(45)52)57-39(47)34-32-30-28-26-24-22-20-18-16-14-12-10-8-6-4-2/h6,8,11-14,17-20,37,40-45,48-52H,3-5,7,9-10,15-16,21-36H2,1-2H3,(H,53,54)/b8-6-,13-11-,14-12-,19-17-,20-18-. The number of carbonyl (C=O) groups is 2. The molecule has 0 aromatic heterocycles. The zero-order valence-electron chi connectivity index (χ0n) is 35.8. The van der Waals surface area contributed by atoms with Gasteiger partial charge in [-0.25, -0.2) is 4.57 Å². The molecule has 0 bridgehead atoms. The van der Waals surface area contributed by atoms with Gasteiger partial charge < -0.3 is 39.9 Å². The van der Waals surface area contributed by atoms with E-state index in [4.69, 9.17) is 18.5 Å². The molecule has 1 saturated carbocycles. The normalized spacial score (nSPS) is 22.9. The number of unbranched alkanes of at least 4 members (excludes halogenated alkanes) is 13. The minimum atomic E-state index is -5.13. The van der Waals surface area contributed by atoms with Crippen molar-refractivity contribution in [3.8, 4) is 0 Å². The summed E-state index contributed by atoms with van der Waals surface area (Å²) in [5.74, 6) is -1.14. The van der Waals surface area contributed by atoms with Crippen LogP contribution in [0.2, 0.25) is 0 Å². The number of aliphatic hydroxyl groups is 5. The third-order valence-corrected chi connectivity index (χ3v) is 10.8. The summed E-state index contributed by atoms with van der Waals surface area (Å²) in [6.45, 7) is 3.12. The summed E-state index contributed by atoms with van der Waals surface area (Å²) in [6, 6.07) is 0. The Kier molecular flexibility index (Phi) is 32.5. The van der Waals surface area contributed by atoms with Crippen LogP contribution < -0.4 is 0 Å². The van der Waals surface area contributed by atoms with E-state index in [1.54, 1.807) is 0 Å². The first-order chi connectivity index (χ1) is 28.4. The summed E-state index contributed by atoms with van der Waals surface area (Å²) < 4.78 is 33.4. The first-order valence-electron chi connectivity index (χ1n) is 22.1. The quantitative estimate of drug-likeness (QED) is 0.0154. The van der Waals surface area contributed by atoms with Gasteiger partial charge in [-0.3, -0.25) is 18.6 Å². The van der Waals surface area contributed by atoms with E-state index in [1.165, 1.54) is 19.3 Å². The maximum atomic E-state index is 12.8. The van der Waals surface area contributed by atoms with Gasteiger partial charge in [-0.05, 0) is 77.0 Å². The van der Waals surface area contributed by atoms with Crippen LogP contribution in [0.4, 0.5) is 0 Å². The molecule has 6 N–H and O–H groups in total. The van der Waals surface area contributed by atoms with E-state index in [0.717, 1.165) is 96.3 Å². The van der Waals surface area contributed by atoms with Crippen LogP contribution in [-0.4, -0.2) is 98.3 Å². The van der Waals surface area contributed by atoms with Gasteiger partial charge in [0.05, 0.1) is 6.61 Å². The van der Waals surface area contributed by atoms with Crippen molar-refractivity contribution < 1.29 is 63.1 Å². The second-order valence-corrected chi connectivity index (χ2v) is 16.6. The Bertz CT molecular complexity index is 1270. The number of phosphoric acid groups is 1. The summed E-state index contributed by atoms with van der Waals surface area (Å²) >= 11 is 0. The SMILES string of the molecule is CC/C=C\C/C=C\C/C=C\CCCCCCCC(=O)OC(COC(=O)CCCCCCC/C=C\C/C=C\CCCCC)COP(=O)(O)OC1C(O)C(O)C(O)C(O)C1O. The van der Waals surface area contributed by atoms with Crippen molar-refractivity contribution in [2.75, 3.05) is 13.2 Å². The maximum Gasteiger partial charge on any atom is 0.472 e. The highest BCUT2D eigenvalue weighted by Gasteiger charge is 2.51. The zero-order chi connectivity index (χ0) is 43.6. The predicted molar refractivity (Wildman–Crippen MR) is 230 cm³/mol. The van der Waals surface area contributed by atoms with E-state index < -0.39 is 75.7 Å². The Hall–Kier alpha value is -2.45. The Morgan fingerprint density at radius 1 is 0.542 bits per heavy atom. The van der Waals surface area contributed by atoms with Crippen LogP contribution in [0, 0.1) is 0 Å². The Labute approximate surface area is 353 Å². The molecular weight excluding hydrogens is 779 g/mol. The number of phosphoric ester groups is 1. The second-order valence-electron chi connectivity index (χ2n) is 15.2. The smallest absolute Gasteiger partial charge is 0.462 e. The van der Waals surface area contributed by atoms with Gasteiger partial charge >= 0.3 is 19.8 Å². The van der Waals surface area contributed by atoms with Crippen LogP contribution in [0.15, 0.2) is 60.8 Å². The molecule has 1 aliphatic rings. The lowest BCUT2D eigenvalue weighted by Crippen LogP contribution is -2.64.